The molecule has 0 spiro atoms. The van der Waals surface area contributed by atoms with E-state index in [1.54, 1.807) is 18.2 Å². The van der Waals surface area contributed by atoms with Gasteiger partial charge in [-0.2, -0.15) is 0 Å². The second-order valence-corrected chi connectivity index (χ2v) is 6.55. The molecule has 0 saturated carbocycles. The summed E-state index contributed by atoms with van der Waals surface area (Å²) in [7, 11) is 0. The van der Waals surface area contributed by atoms with Crippen LogP contribution in [0.2, 0.25) is 0 Å². The van der Waals surface area contributed by atoms with Crippen LogP contribution in [-0.2, 0) is 0 Å². The van der Waals surface area contributed by atoms with Gasteiger partial charge in [-0.3, -0.25) is 0 Å². The van der Waals surface area contributed by atoms with Crippen LogP contribution in [0.25, 0.3) is 0 Å². The standard InChI is InChI=1S/C15H12BrF2NS/c16-10-4-2-5-11(17)14(10)19-13-7-8-20-15-9(13)3-1-6-12(15)18/h1-6,13,19H,7-8H2. The van der Waals surface area contributed by atoms with E-state index >= 15 is 0 Å². The summed E-state index contributed by atoms with van der Waals surface area (Å²) >= 11 is 4.86. The highest BCUT2D eigenvalue weighted by Crippen LogP contribution is 2.40. The Morgan fingerprint density at radius 3 is 2.65 bits per heavy atom. The number of rotatable bonds is 2. The molecule has 1 nitrogen and oxygen atoms in total. The molecule has 2 aromatic rings. The maximum Gasteiger partial charge on any atom is 0.147 e. The zero-order valence-electron chi connectivity index (χ0n) is 10.5. The minimum Gasteiger partial charge on any atom is -0.375 e. The Labute approximate surface area is 128 Å². The molecule has 0 aliphatic carbocycles. The minimum absolute atomic E-state index is 0.0739. The van der Waals surface area contributed by atoms with Crippen molar-refractivity contribution in [2.45, 2.75) is 17.4 Å². The van der Waals surface area contributed by atoms with E-state index in [-0.39, 0.29) is 17.7 Å². The molecule has 0 bridgehead atoms. The maximum absolute atomic E-state index is 13.9. The van der Waals surface area contributed by atoms with Gasteiger partial charge in [0.15, 0.2) is 0 Å². The summed E-state index contributed by atoms with van der Waals surface area (Å²) in [4.78, 5) is 0.670. The number of benzene rings is 2. The van der Waals surface area contributed by atoms with Gasteiger partial charge in [-0.1, -0.05) is 18.2 Å². The SMILES string of the molecule is Fc1cccc(Br)c1NC1CCSc2c(F)cccc21. The van der Waals surface area contributed by atoms with Crippen LogP contribution in [0.15, 0.2) is 45.8 Å². The topological polar surface area (TPSA) is 12.0 Å². The highest BCUT2D eigenvalue weighted by Gasteiger charge is 2.24. The molecular formula is C15H12BrF2NS. The first-order chi connectivity index (χ1) is 9.66. The van der Waals surface area contributed by atoms with Gasteiger partial charge in [-0.25, -0.2) is 8.78 Å². The van der Waals surface area contributed by atoms with Crippen molar-refractivity contribution in [2.24, 2.45) is 0 Å². The predicted molar refractivity (Wildman–Crippen MR) is 82.2 cm³/mol. The van der Waals surface area contributed by atoms with E-state index in [9.17, 15) is 8.78 Å². The van der Waals surface area contributed by atoms with Gasteiger partial charge in [0.2, 0.25) is 0 Å². The molecule has 1 atom stereocenters. The zero-order valence-corrected chi connectivity index (χ0v) is 12.9. The molecule has 1 heterocycles. The number of anilines is 1. The molecule has 0 fully saturated rings. The zero-order chi connectivity index (χ0) is 14.1. The van der Waals surface area contributed by atoms with Crippen LogP contribution in [0.5, 0.6) is 0 Å². The van der Waals surface area contributed by atoms with Crippen LogP contribution in [0.3, 0.4) is 0 Å². The third-order valence-corrected chi connectivity index (χ3v) is 5.13. The van der Waals surface area contributed by atoms with Crippen LogP contribution >= 0.6 is 27.7 Å². The normalized spacial score (nSPS) is 17.6. The van der Waals surface area contributed by atoms with E-state index < -0.39 is 0 Å². The summed E-state index contributed by atoms with van der Waals surface area (Å²) in [5.41, 5.74) is 1.33. The van der Waals surface area contributed by atoms with E-state index in [0.29, 0.717) is 15.1 Å². The highest BCUT2D eigenvalue weighted by atomic mass is 79.9. The first-order valence-electron chi connectivity index (χ1n) is 6.28. The van der Waals surface area contributed by atoms with Crippen molar-refractivity contribution in [2.75, 3.05) is 11.1 Å². The largest absolute Gasteiger partial charge is 0.375 e. The number of fused-ring (bicyclic) bond motifs is 1. The van der Waals surface area contributed by atoms with Gasteiger partial charge in [0.1, 0.15) is 11.6 Å². The second-order valence-electron chi connectivity index (χ2n) is 4.59. The molecule has 104 valence electrons. The van der Waals surface area contributed by atoms with Gasteiger partial charge in [0, 0.05) is 15.1 Å². The monoisotopic (exact) mass is 355 g/mol. The lowest BCUT2D eigenvalue weighted by atomic mass is 10.0. The predicted octanol–water partition coefficient (Wildman–Crippen LogP) is 5.38. The van der Waals surface area contributed by atoms with Crippen molar-refractivity contribution in [3.8, 4) is 0 Å². The van der Waals surface area contributed by atoms with E-state index in [1.807, 2.05) is 6.07 Å². The molecule has 1 N–H and O–H groups in total. The Balaban J connectivity index is 1.96. The summed E-state index contributed by atoms with van der Waals surface area (Å²) in [5, 5.41) is 3.20. The smallest absolute Gasteiger partial charge is 0.147 e. The molecule has 0 amide bonds. The van der Waals surface area contributed by atoms with Crippen LogP contribution in [0, 0.1) is 11.6 Å². The number of hydrogen-bond donors (Lipinski definition) is 1. The van der Waals surface area contributed by atoms with E-state index in [1.165, 1.54) is 23.9 Å². The van der Waals surface area contributed by atoms with Crippen molar-refractivity contribution in [3.63, 3.8) is 0 Å². The lowest BCUT2D eigenvalue weighted by Gasteiger charge is -2.27. The lowest BCUT2D eigenvalue weighted by molar-refractivity contribution is 0.582. The van der Waals surface area contributed by atoms with Crippen LogP contribution < -0.4 is 5.32 Å². The number of para-hydroxylation sites is 1. The third kappa shape index (κ3) is 2.56. The van der Waals surface area contributed by atoms with Gasteiger partial charge in [0.25, 0.3) is 0 Å². The summed E-state index contributed by atoms with van der Waals surface area (Å²) in [6.07, 6.45) is 0.835. The van der Waals surface area contributed by atoms with Crippen molar-refractivity contribution in [1.29, 1.82) is 0 Å². The molecule has 1 aliphatic heterocycles. The number of hydrogen-bond acceptors (Lipinski definition) is 2. The molecule has 20 heavy (non-hydrogen) atoms. The molecule has 0 radical (unpaired) electrons. The maximum atomic E-state index is 13.9. The van der Waals surface area contributed by atoms with Crippen molar-refractivity contribution >= 4 is 33.4 Å². The fourth-order valence-corrected chi connectivity index (χ4v) is 3.94. The fourth-order valence-electron chi connectivity index (χ4n) is 2.35. The van der Waals surface area contributed by atoms with Crippen LogP contribution in [-0.4, -0.2) is 5.75 Å². The minimum atomic E-state index is -0.310. The fraction of sp³-hybridized carbons (Fsp3) is 0.200. The average Bonchev–Trinajstić information content (AvgIpc) is 2.44. The lowest BCUT2D eigenvalue weighted by Crippen LogP contribution is -2.17. The summed E-state index contributed by atoms with van der Waals surface area (Å²) < 4.78 is 28.4. The van der Waals surface area contributed by atoms with Gasteiger partial charge >= 0.3 is 0 Å². The van der Waals surface area contributed by atoms with Gasteiger partial charge in [-0.05, 0) is 46.1 Å². The molecule has 1 unspecified atom stereocenters. The summed E-state index contributed by atoms with van der Waals surface area (Å²) in [6, 6.07) is 9.84. The van der Waals surface area contributed by atoms with Gasteiger partial charge in [-0.15, -0.1) is 11.8 Å². The van der Waals surface area contributed by atoms with Crippen LogP contribution in [0.4, 0.5) is 14.5 Å². The molecule has 3 rings (SSSR count). The first-order valence-corrected chi connectivity index (χ1v) is 8.06. The van der Waals surface area contributed by atoms with Crippen LogP contribution in [0.1, 0.15) is 18.0 Å². The molecule has 5 heteroatoms. The van der Waals surface area contributed by atoms with E-state index in [4.69, 9.17) is 0 Å². The third-order valence-electron chi connectivity index (χ3n) is 3.31. The van der Waals surface area contributed by atoms with Crippen molar-refractivity contribution in [1.82, 2.24) is 0 Å². The Kier molecular flexibility index (Phi) is 3.98. The van der Waals surface area contributed by atoms with Gasteiger partial charge in [0.05, 0.1) is 11.7 Å². The Bertz CT molecular complexity index is 628. The second kappa shape index (κ2) is 5.74. The Morgan fingerprint density at radius 2 is 1.85 bits per heavy atom. The molecule has 1 aliphatic rings. The average molecular weight is 356 g/mol. The molecule has 0 aromatic heterocycles. The summed E-state index contributed by atoms with van der Waals surface area (Å²) in [5.74, 6) is 0.305. The van der Waals surface area contributed by atoms with E-state index in [2.05, 4.69) is 21.2 Å². The molecule has 0 saturated heterocycles. The first kappa shape index (κ1) is 13.9. The van der Waals surface area contributed by atoms with Gasteiger partial charge < -0.3 is 5.32 Å². The number of nitrogens with one attached hydrogen (secondary N) is 1. The molecule has 2 aromatic carbocycles. The van der Waals surface area contributed by atoms with E-state index in [0.717, 1.165) is 17.7 Å². The number of halogens is 3. The molecular weight excluding hydrogens is 344 g/mol. The Morgan fingerprint density at radius 1 is 1.10 bits per heavy atom. The van der Waals surface area contributed by atoms with Crippen molar-refractivity contribution < 1.29 is 8.78 Å². The quantitative estimate of drug-likeness (QED) is 0.776. The number of thioether (sulfide) groups is 1. The highest BCUT2D eigenvalue weighted by molar-refractivity contribution is 9.10. The Hall–Kier alpha value is -1.07. The van der Waals surface area contributed by atoms with Crippen molar-refractivity contribution in [3.05, 3.63) is 58.1 Å². The summed E-state index contributed by atoms with van der Waals surface area (Å²) in [6.45, 7) is 0.